The average Bonchev–Trinajstić information content (AvgIpc) is 3.54. The highest BCUT2D eigenvalue weighted by molar-refractivity contribution is 7.19. The first-order valence-electron chi connectivity index (χ1n) is 10.6. The predicted molar refractivity (Wildman–Crippen MR) is 124 cm³/mol. The predicted octanol–water partition coefficient (Wildman–Crippen LogP) is 4.10. The molecule has 33 heavy (non-hydrogen) atoms. The second kappa shape index (κ2) is 7.23. The third-order valence-corrected chi connectivity index (χ3v) is 7.12. The van der Waals surface area contributed by atoms with Crippen molar-refractivity contribution < 1.29 is 13.9 Å². The third kappa shape index (κ3) is 3.23. The highest BCUT2D eigenvalue weighted by Crippen LogP contribution is 2.40. The maximum atomic E-state index is 13.5. The van der Waals surface area contributed by atoms with Crippen LogP contribution in [0.2, 0.25) is 0 Å². The van der Waals surface area contributed by atoms with Crippen molar-refractivity contribution in [3.05, 3.63) is 75.2 Å². The number of ketones is 1. The Bertz CT molecular complexity index is 1580. The van der Waals surface area contributed by atoms with Gasteiger partial charge in [-0.15, -0.1) is 16.4 Å². The summed E-state index contributed by atoms with van der Waals surface area (Å²) in [5, 5.41) is 5.30. The van der Waals surface area contributed by atoms with E-state index in [1.54, 1.807) is 30.5 Å². The number of hydrogen-bond acceptors (Lipinski definition) is 7. The number of Topliss-reactive ketones (excluding diaryl/α,β-unsaturated/α-hetero) is 1. The van der Waals surface area contributed by atoms with Gasteiger partial charge in [0.25, 0.3) is 0 Å². The monoisotopic (exact) mass is 460 g/mol. The van der Waals surface area contributed by atoms with E-state index >= 15 is 0 Å². The number of thiophene rings is 1. The van der Waals surface area contributed by atoms with Crippen LogP contribution in [0.15, 0.2) is 57.9 Å². The van der Waals surface area contributed by atoms with E-state index in [-0.39, 0.29) is 17.9 Å². The number of benzene rings is 1. The molecule has 0 amide bonds. The number of hydrogen-bond donors (Lipinski definition) is 0. The van der Waals surface area contributed by atoms with Crippen LogP contribution in [0.3, 0.4) is 0 Å². The lowest BCUT2D eigenvalue weighted by Crippen LogP contribution is -2.32. The highest BCUT2D eigenvalue weighted by Gasteiger charge is 2.32. The molecule has 0 saturated heterocycles. The fourth-order valence-corrected chi connectivity index (χ4v) is 5.49. The van der Waals surface area contributed by atoms with Gasteiger partial charge < -0.3 is 9.15 Å². The Balaban J connectivity index is 1.62. The normalized spacial score (nSPS) is 15.2. The first-order valence-corrected chi connectivity index (χ1v) is 11.4. The van der Waals surface area contributed by atoms with Crippen LogP contribution in [0.1, 0.15) is 34.6 Å². The standard InChI is InChI=1S/C24H20N4O4S/c1-24(2)11-15-18(13-32-24)33-22-19(15)21-25-20(17-9-6-10-31-17)26-28(21)23(30)27(22)12-16(29)14-7-4-3-5-8-14/h3-10H,11-13H2,1-2H3. The molecule has 0 bridgehead atoms. The molecule has 6 rings (SSSR count). The molecule has 5 aromatic rings. The van der Waals surface area contributed by atoms with Crippen molar-refractivity contribution in [1.82, 2.24) is 19.2 Å². The van der Waals surface area contributed by atoms with Crippen molar-refractivity contribution in [3.8, 4) is 11.6 Å². The topological polar surface area (TPSA) is 91.6 Å². The molecule has 0 spiro atoms. The Kier molecular flexibility index (Phi) is 4.40. The smallest absolute Gasteiger partial charge is 0.352 e. The molecule has 1 aliphatic rings. The molecule has 8 nitrogen and oxygen atoms in total. The van der Waals surface area contributed by atoms with Gasteiger partial charge in [-0.05, 0) is 31.5 Å². The highest BCUT2D eigenvalue weighted by atomic mass is 32.1. The van der Waals surface area contributed by atoms with E-state index in [1.165, 1.54) is 20.4 Å². The molecule has 0 fully saturated rings. The number of carbonyl (C=O) groups excluding carboxylic acids is 1. The largest absolute Gasteiger partial charge is 0.461 e. The molecule has 0 aliphatic carbocycles. The van der Waals surface area contributed by atoms with Gasteiger partial charge in [0.2, 0.25) is 5.82 Å². The van der Waals surface area contributed by atoms with Gasteiger partial charge in [0, 0.05) is 16.9 Å². The summed E-state index contributed by atoms with van der Waals surface area (Å²) in [7, 11) is 0. The van der Waals surface area contributed by atoms with Gasteiger partial charge in [-0.25, -0.2) is 9.78 Å². The van der Waals surface area contributed by atoms with Crippen LogP contribution in [0.25, 0.3) is 27.4 Å². The van der Waals surface area contributed by atoms with Crippen molar-refractivity contribution >= 4 is 33.0 Å². The van der Waals surface area contributed by atoms with Gasteiger partial charge in [-0.3, -0.25) is 9.36 Å². The number of carbonyl (C=O) groups is 1. The van der Waals surface area contributed by atoms with E-state index in [1.807, 2.05) is 32.0 Å². The van der Waals surface area contributed by atoms with Crippen molar-refractivity contribution in [3.63, 3.8) is 0 Å². The van der Waals surface area contributed by atoms with Crippen LogP contribution in [0.5, 0.6) is 0 Å². The van der Waals surface area contributed by atoms with Crippen LogP contribution in [0, 0.1) is 0 Å². The minimum Gasteiger partial charge on any atom is -0.461 e. The average molecular weight is 461 g/mol. The van der Waals surface area contributed by atoms with Crippen molar-refractivity contribution in [1.29, 1.82) is 0 Å². The molecule has 0 N–H and O–H groups in total. The van der Waals surface area contributed by atoms with Crippen LogP contribution in [-0.4, -0.2) is 30.5 Å². The van der Waals surface area contributed by atoms with E-state index in [2.05, 4.69) is 10.1 Å². The molecular formula is C24H20N4O4S. The Hall–Kier alpha value is -3.56. The van der Waals surface area contributed by atoms with Gasteiger partial charge in [0.1, 0.15) is 4.83 Å². The van der Waals surface area contributed by atoms with E-state index < -0.39 is 5.69 Å². The Morgan fingerprint density at radius 3 is 2.76 bits per heavy atom. The summed E-state index contributed by atoms with van der Waals surface area (Å²) < 4.78 is 14.3. The van der Waals surface area contributed by atoms with Gasteiger partial charge in [-0.2, -0.15) is 4.52 Å². The molecule has 0 unspecified atom stereocenters. The maximum Gasteiger partial charge on any atom is 0.352 e. The number of fused-ring (bicyclic) bond motifs is 5. The maximum absolute atomic E-state index is 13.5. The second-order valence-corrected chi connectivity index (χ2v) is 9.80. The van der Waals surface area contributed by atoms with Gasteiger partial charge in [0.05, 0.1) is 30.4 Å². The lowest BCUT2D eigenvalue weighted by atomic mass is 9.94. The van der Waals surface area contributed by atoms with Crippen LogP contribution in [-0.2, 0) is 24.3 Å². The number of ether oxygens (including phenoxy) is 1. The molecule has 1 aliphatic heterocycles. The quantitative estimate of drug-likeness (QED) is 0.375. The molecule has 0 atom stereocenters. The summed E-state index contributed by atoms with van der Waals surface area (Å²) in [6.45, 7) is 4.45. The molecule has 0 radical (unpaired) electrons. The number of rotatable bonds is 4. The van der Waals surface area contributed by atoms with E-state index in [0.717, 1.165) is 15.8 Å². The third-order valence-electron chi connectivity index (χ3n) is 5.90. The zero-order valence-corrected chi connectivity index (χ0v) is 18.9. The summed E-state index contributed by atoms with van der Waals surface area (Å²) in [5.41, 5.74) is 1.36. The Morgan fingerprint density at radius 1 is 1.18 bits per heavy atom. The molecule has 166 valence electrons. The summed E-state index contributed by atoms with van der Waals surface area (Å²) in [5.74, 6) is 0.662. The fraction of sp³-hybridized carbons (Fsp3) is 0.250. The Morgan fingerprint density at radius 2 is 2.00 bits per heavy atom. The first kappa shape index (κ1) is 20.1. The SMILES string of the molecule is CC1(C)Cc2c(sc3c2c2nc(-c4ccco4)nn2c(=O)n3CC(=O)c2ccccc2)CO1. The molecule has 5 heterocycles. The summed E-state index contributed by atoms with van der Waals surface area (Å²) >= 11 is 1.48. The Labute approximate surface area is 192 Å². The lowest BCUT2D eigenvalue weighted by molar-refractivity contribution is -0.0379. The van der Waals surface area contributed by atoms with Gasteiger partial charge in [-0.1, -0.05) is 30.3 Å². The minimum atomic E-state index is -0.411. The molecule has 9 heteroatoms. The van der Waals surface area contributed by atoms with Gasteiger partial charge >= 0.3 is 5.69 Å². The zero-order chi connectivity index (χ0) is 22.7. The van der Waals surface area contributed by atoms with Crippen LogP contribution in [0.4, 0.5) is 0 Å². The summed E-state index contributed by atoms with van der Waals surface area (Å²) in [6, 6.07) is 12.5. The first-order chi connectivity index (χ1) is 15.9. The zero-order valence-electron chi connectivity index (χ0n) is 18.1. The van der Waals surface area contributed by atoms with Crippen LogP contribution >= 0.6 is 11.3 Å². The second-order valence-electron chi connectivity index (χ2n) is 8.72. The minimum absolute atomic E-state index is 0.0884. The van der Waals surface area contributed by atoms with Gasteiger partial charge in [0.15, 0.2) is 17.2 Å². The fourth-order valence-electron chi connectivity index (χ4n) is 4.28. The van der Waals surface area contributed by atoms with Crippen molar-refractivity contribution in [2.75, 3.05) is 0 Å². The lowest BCUT2D eigenvalue weighted by Gasteiger charge is -2.30. The summed E-state index contributed by atoms with van der Waals surface area (Å²) in [6.07, 6.45) is 2.21. The molecular weight excluding hydrogens is 440 g/mol. The van der Waals surface area contributed by atoms with Crippen LogP contribution < -0.4 is 5.69 Å². The van der Waals surface area contributed by atoms with Crippen molar-refractivity contribution in [2.24, 2.45) is 0 Å². The molecule has 4 aromatic heterocycles. The van der Waals surface area contributed by atoms with E-state index in [9.17, 15) is 9.59 Å². The number of nitrogens with zero attached hydrogens (tertiary/aromatic N) is 4. The number of aromatic nitrogens is 4. The van der Waals surface area contributed by atoms with E-state index in [4.69, 9.17) is 9.15 Å². The molecule has 1 aromatic carbocycles. The number of furan rings is 1. The van der Waals surface area contributed by atoms with E-state index in [0.29, 0.717) is 40.7 Å². The van der Waals surface area contributed by atoms with Crippen molar-refractivity contribution in [2.45, 2.75) is 39.0 Å². The summed E-state index contributed by atoms with van der Waals surface area (Å²) in [4.78, 5) is 33.0. The molecule has 0 saturated carbocycles.